The molecular formula is C24H24N6O. The molecule has 0 atom stereocenters. The van der Waals surface area contributed by atoms with E-state index in [0.29, 0.717) is 17.9 Å². The lowest BCUT2D eigenvalue weighted by atomic mass is 9.86. The van der Waals surface area contributed by atoms with Gasteiger partial charge >= 0.3 is 0 Å². The molecule has 31 heavy (non-hydrogen) atoms. The fourth-order valence-electron chi connectivity index (χ4n) is 4.16. The van der Waals surface area contributed by atoms with Crippen LogP contribution in [0.25, 0.3) is 22.3 Å². The van der Waals surface area contributed by atoms with Crippen LogP contribution in [0.2, 0.25) is 0 Å². The van der Waals surface area contributed by atoms with Crippen molar-refractivity contribution >= 4 is 28.4 Å². The minimum absolute atomic E-state index is 0.109. The Morgan fingerprint density at radius 1 is 1.19 bits per heavy atom. The number of benzene rings is 1. The van der Waals surface area contributed by atoms with E-state index in [9.17, 15) is 4.79 Å². The Morgan fingerprint density at radius 2 is 2.06 bits per heavy atom. The lowest BCUT2D eigenvalue weighted by Gasteiger charge is -2.17. The zero-order chi connectivity index (χ0) is 21.6. The lowest BCUT2D eigenvalue weighted by molar-refractivity contribution is 0.100. The number of nitrogens with zero attached hydrogens (tertiary/aromatic N) is 2. The summed E-state index contributed by atoms with van der Waals surface area (Å²) in [5, 5.41) is 7.81. The third kappa shape index (κ3) is 3.38. The number of amides is 1. The van der Waals surface area contributed by atoms with Crippen LogP contribution in [0.5, 0.6) is 0 Å². The van der Waals surface area contributed by atoms with Crippen LogP contribution in [0.4, 0.5) is 11.5 Å². The van der Waals surface area contributed by atoms with E-state index < -0.39 is 5.91 Å². The maximum atomic E-state index is 12.0. The molecule has 7 heteroatoms. The normalized spacial score (nSPS) is 14.3. The number of H-pyrrole nitrogens is 1. The Balaban J connectivity index is 1.48. The minimum Gasteiger partial charge on any atom is -0.384 e. The number of fused-ring (bicyclic) bond motifs is 2. The zero-order valence-corrected chi connectivity index (χ0v) is 17.5. The van der Waals surface area contributed by atoms with Gasteiger partial charge in [-0.1, -0.05) is 26.0 Å². The molecule has 0 spiro atoms. The van der Waals surface area contributed by atoms with Crippen molar-refractivity contribution in [2.24, 2.45) is 5.73 Å². The van der Waals surface area contributed by atoms with Crippen molar-refractivity contribution in [1.82, 2.24) is 15.0 Å². The van der Waals surface area contributed by atoms with Gasteiger partial charge in [-0.25, -0.2) is 9.97 Å². The largest absolute Gasteiger partial charge is 0.384 e. The van der Waals surface area contributed by atoms with E-state index in [4.69, 9.17) is 10.7 Å². The van der Waals surface area contributed by atoms with Crippen LogP contribution in [-0.4, -0.2) is 27.4 Å². The molecule has 0 bridgehead atoms. The highest BCUT2D eigenvalue weighted by atomic mass is 16.1. The fourth-order valence-corrected chi connectivity index (χ4v) is 4.16. The van der Waals surface area contributed by atoms with Gasteiger partial charge in [0.2, 0.25) is 0 Å². The van der Waals surface area contributed by atoms with E-state index >= 15 is 0 Å². The minimum atomic E-state index is -0.513. The van der Waals surface area contributed by atoms with Gasteiger partial charge in [-0.3, -0.25) is 4.79 Å². The first-order valence-electron chi connectivity index (χ1n) is 10.3. The molecule has 0 unspecified atom stereocenters. The van der Waals surface area contributed by atoms with Crippen molar-refractivity contribution in [2.75, 3.05) is 17.2 Å². The number of carbonyl (C=O) groups is 1. The number of hydrogen-bond donors (Lipinski definition) is 4. The summed E-state index contributed by atoms with van der Waals surface area (Å²) in [4.78, 5) is 24.2. The summed E-state index contributed by atoms with van der Waals surface area (Å²) in [5.74, 6) is -0.0419. The molecule has 156 valence electrons. The lowest BCUT2D eigenvalue weighted by Crippen LogP contribution is -2.18. The molecule has 0 saturated carbocycles. The summed E-state index contributed by atoms with van der Waals surface area (Å²) >= 11 is 0. The van der Waals surface area contributed by atoms with Crippen LogP contribution in [0.3, 0.4) is 0 Å². The standard InChI is InChI=1S/C24H24N6O/c1-24(2)13-29-20-11-14(3-5-18(20)24)19-6-4-17(21(25)31)23(30-19)28-12-15-7-9-26-22-16(15)8-10-27-22/h3-11,29H,12-13H2,1-2H3,(H2,25,31)(H,26,27)(H,28,30). The van der Waals surface area contributed by atoms with Crippen LogP contribution in [0.1, 0.15) is 35.3 Å². The van der Waals surface area contributed by atoms with Gasteiger partial charge in [0.1, 0.15) is 11.5 Å². The van der Waals surface area contributed by atoms with E-state index in [1.807, 2.05) is 24.4 Å². The van der Waals surface area contributed by atoms with Crippen LogP contribution < -0.4 is 16.4 Å². The Morgan fingerprint density at radius 3 is 2.90 bits per heavy atom. The van der Waals surface area contributed by atoms with E-state index in [1.54, 1.807) is 12.3 Å². The SMILES string of the molecule is CC1(C)CNc2cc(-c3ccc(C(N)=O)c(NCc4ccnc5[nH]ccc45)n3)ccc21. The van der Waals surface area contributed by atoms with Crippen LogP contribution in [-0.2, 0) is 12.0 Å². The van der Waals surface area contributed by atoms with E-state index in [1.165, 1.54) is 5.56 Å². The van der Waals surface area contributed by atoms with Gasteiger partial charge in [-0.15, -0.1) is 0 Å². The summed E-state index contributed by atoms with van der Waals surface area (Å²) in [6.07, 6.45) is 3.62. The molecule has 5 rings (SSSR count). The molecule has 1 amide bonds. The van der Waals surface area contributed by atoms with E-state index in [-0.39, 0.29) is 5.41 Å². The predicted molar refractivity (Wildman–Crippen MR) is 123 cm³/mol. The van der Waals surface area contributed by atoms with Gasteiger partial charge in [-0.2, -0.15) is 0 Å². The molecule has 7 nitrogen and oxygen atoms in total. The highest BCUT2D eigenvalue weighted by Gasteiger charge is 2.29. The van der Waals surface area contributed by atoms with Crippen molar-refractivity contribution in [3.8, 4) is 11.3 Å². The quantitative estimate of drug-likeness (QED) is 0.396. The van der Waals surface area contributed by atoms with E-state index in [2.05, 4.69) is 52.6 Å². The van der Waals surface area contributed by atoms with Gasteiger partial charge < -0.3 is 21.4 Å². The van der Waals surface area contributed by atoms with Gasteiger partial charge in [0, 0.05) is 47.5 Å². The number of aromatic nitrogens is 3. The van der Waals surface area contributed by atoms with Gasteiger partial charge in [0.25, 0.3) is 5.91 Å². The summed E-state index contributed by atoms with van der Waals surface area (Å²) in [7, 11) is 0. The van der Waals surface area contributed by atoms with Crippen molar-refractivity contribution in [1.29, 1.82) is 0 Å². The average molecular weight is 412 g/mol. The number of pyridine rings is 2. The Hall–Kier alpha value is -3.87. The monoisotopic (exact) mass is 412 g/mol. The topological polar surface area (TPSA) is 109 Å². The number of rotatable bonds is 5. The van der Waals surface area contributed by atoms with Crippen LogP contribution in [0.15, 0.2) is 54.9 Å². The smallest absolute Gasteiger partial charge is 0.252 e. The maximum absolute atomic E-state index is 12.0. The molecule has 1 aliphatic rings. The van der Waals surface area contributed by atoms with Gasteiger partial charge in [0.15, 0.2) is 0 Å². The first-order chi connectivity index (χ1) is 14.9. The number of primary amides is 1. The van der Waals surface area contributed by atoms with Crippen molar-refractivity contribution in [3.63, 3.8) is 0 Å². The molecular weight excluding hydrogens is 388 g/mol. The first kappa shape index (κ1) is 19.1. The van der Waals surface area contributed by atoms with E-state index in [0.717, 1.165) is 40.1 Å². The third-order valence-electron chi connectivity index (χ3n) is 5.92. The molecule has 4 heterocycles. The molecule has 0 aliphatic carbocycles. The molecule has 5 N–H and O–H groups in total. The fraction of sp³-hybridized carbons (Fsp3) is 0.208. The van der Waals surface area contributed by atoms with Crippen LogP contribution >= 0.6 is 0 Å². The van der Waals surface area contributed by atoms with Gasteiger partial charge in [0.05, 0.1) is 11.3 Å². The molecule has 4 aromatic rings. The molecule has 0 radical (unpaired) electrons. The summed E-state index contributed by atoms with van der Waals surface area (Å²) in [6, 6.07) is 13.9. The number of carbonyl (C=O) groups excluding carboxylic acids is 1. The predicted octanol–water partition coefficient (Wildman–Crippen LogP) is 4.04. The second-order valence-corrected chi connectivity index (χ2v) is 8.52. The first-order valence-corrected chi connectivity index (χ1v) is 10.3. The molecule has 1 aliphatic heterocycles. The zero-order valence-electron chi connectivity index (χ0n) is 17.5. The third-order valence-corrected chi connectivity index (χ3v) is 5.92. The highest BCUT2D eigenvalue weighted by molar-refractivity contribution is 5.98. The van der Waals surface area contributed by atoms with Gasteiger partial charge in [-0.05, 0) is 41.5 Å². The highest BCUT2D eigenvalue weighted by Crippen LogP contribution is 2.38. The second kappa shape index (κ2) is 7.12. The number of aromatic amines is 1. The molecule has 0 fully saturated rings. The summed E-state index contributed by atoms with van der Waals surface area (Å²) < 4.78 is 0. The number of anilines is 2. The molecule has 1 aromatic carbocycles. The summed E-state index contributed by atoms with van der Waals surface area (Å²) in [6.45, 7) is 5.86. The number of hydrogen-bond acceptors (Lipinski definition) is 5. The van der Waals surface area contributed by atoms with Crippen molar-refractivity contribution < 1.29 is 4.79 Å². The average Bonchev–Trinajstić information content (AvgIpc) is 3.36. The number of nitrogens with one attached hydrogen (secondary N) is 3. The van der Waals surface area contributed by atoms with Crippen molar-refractivity contribution in [2.45, 2.75) is 25.8 Å². The Labute approximate surface area is 180 Å². The Kier molecular flexibility index (Phi) is 4.39. The Bertz CT molecular complexity index is 1310. The maximum Gasteiger partial charge on any atom is 0.252 e. The molecule has 0 saturated heterocycles. The van der Waals surface area contributed by atoms with Crippen LogP contribution in [0, 0.1) is 0 Å². The number of nitrogens with two attached hydrogens (primary N) is 1. The second-order valence-electron chi connectivity index (χ2n) is 8.52. The summed E-state index contributed by atoms with van der Waals surface area (Å²) in [5.41, 5.74) is 12.2. The molecule has 3 aromatic heterocycles. The van der Waals surface area contributed by atoms with Crippen molar-refractivity contribution in [3.05, 3.63) is 71.5 Å².